The summed E-state index contributed by atoms with van der Waals surface area (Å²) in [4.78, 5) is 19.7. The lowest BCUT2D eigenvalue weighted by Gasteiger charge is -2.32. The number of hydrogen-bond acceptors (Lipinski definition) is 5. The van der Waals surface area contributed by atoms with E-state index in [0.29, 0.717) is 30.6 Å². The molecule has 1 atom stereocenters. The molecule has 212 valence electrons. The van der Waals surface area contributed by atoms with E-state index < -0.39 is 44.0 Å². The first kappa shape index (κ1) is 21.7. The maximum atomic E-state index is 15.5. The number of amides is 1. The maximum Gasteiger partial charge on any atom is 0.495 e. The van der Waals surface area contributed by atoms with Crippen molar-refractivity contribution in [2.75, 3.05) is 27.0 Å². The summed E-state index contributed by atoms with van der Waals surface area (Å²) in [5, 5.41) is 0.960. The summed E-state index contributed by atoms with van der Waals surface area (Å²) >= 11 is 0. The summed E-state index contributed by atoms with van der Waals surface area (Å²) in [6.07, 6.45) is 4.26. The Kier molecular flexibility index (Phi) is 5.49. The third kappa shape index (κ3) is 4.78. The Morgan fingerprint density at radius 3 is 2.50 bits per heavy atom. The molecule has 5 rings (SSSR count). The number of pyridine rings is 1. The minimum absolute atomic E-state index is 0.000150. The molecule has 1 aromatic carbocycles. The summed E-state index contributed by atoms with van der Waals surface area (Å²) in [6, 6.07) is 6.34. The zero-order valence-electron chi connectivity index (χ0n) is 30.1. The molecule has 1 amide bonds. The number of halogens is 1. The van der Waals surface area contributed by atoms with Crippen LogP contribution in [-0.2, 0) is 16.4 Å². The van der Waals surface area contributed by atoms with Crippen molar-refractivity contribution in [2.45, 2.75) is 65.2 Å². The maximum absolute atomic E-state index is 15.5. The molecule has 3 aromatic rings. The van der Waals surface area contributed by atoms with Crippen LogP contribution in [0.15, 0.2) is 36.5 Å². The van der Waals surface area contributed by atoms with Crippen molar-refractivity contribution in [1.82, 2.24) is 19.4 Å². The van der Waals surface area contributed by atoms with Crippen LogP contribution in [-0.4, -0.2) is 70.6 Å². The van der Waals surface area contributed by atoms with Gasteiger partial charge in [-0.3, -0.25) is 9.69 Å². The minimum Gasteiger partial charge on any atom is -0.399 e. The van der Waals surface area contributed by atoms with Crippen molar-refractivity contribution in [3.63, 3.8) is 0 Å². The second-order valence-corrected chi connectivity index (χ2v) is 11.8. The number of benzene rings is 1. The third-order valence-electron chi connectivity index (χ3n) is 8.78. The molecule has 0 saturated carbocycles. The monoisotopic (exact) mass is 552 g/mol. The summed E-state index contributed by atoms with van der Waals surface area (Å²) in [5.74, 6) is -1.99. The lowest BCUT2D eigenvalue weighted by Crippen LogP contribution is -2.41. The molecular weight excluding hydrogens is 506 g/mol. The van der Waals surface area contributed by atoms with Crippen LogP contribution in [0.4, 0.5) is 4.39 Å². The minimum atomic E-state index is -3.22. The average Bonchev–Trinajstić information content (AvgIpc) is 3.37. The van der Waals surface area contributed by atoms with Gasteiger partial charge in [-0.05, 0) is 88.8 Å². The summed E-state index contributed by atoms with van der Waals surface area (Å²) in [6.45, 7) is 6.59. The van der Waals surface area contributed by atoms with Crippen LogP contribution in [0.1, 0.15) is 82.5 Å². The third-order valence-corrected chi connectivity index (χ3v) is 8.78. The first-order chi connectivity index (χ1) is 21.1. The molecule has 0 spiro atoms. The predicted molar refractivity (Wildman–Crippen MR) is 158 cm³/mol. The van der Waals surface area contributed by atoms with Crippen LogP contribution in [0.25, 0.3) is 16.6 Å². The Bertz CT molecular complexity index is 1670. The number of nitrogens with zero attached hydrogens (tertiary/aromatic N) is 4. The molecule has 0 N–H and O–H groups in total. The lowest BCUT2D eigenvalue weighted by molar-refractivity contribution is 0.00578. The fourth-order valence-electron chi connectivity index (χ4n) is 5.69. The molecule has 0 radical (unpaired) electrons. The standard InChI is InChI=1S/C31H40BFN4O3/c1-19-16-22(29(38)35(7)8)17-25(33)27(19)21-11-14-37(15-12-21)20(2)26-18-23-24(10-13-34-28(23)36(26)9)32-39-30(3,4)31(5,6)40-32/h10-11,13,16-18,20H,12,14-15H2,1-9H3/t20-/m0/s1/i7D3,8D3. The van der Waals surface area contributed by atoms with Crippen molar-refractivity contribution >= 4 is 35.1 Å². The van der Waals surface area contributed by atoms with Crippen LogP contribution in [0.5, 0.6) is 0 Å². The normalized spacial score (nSPS) is 22.5. The van der Waals surface area contributed by atoms with Gasteiger partial charge in [0.2, 0.25) is 0 Å². The lowest BCUT2D eigenvalue weighted by atomic mass is 9.78. The van der Waals surface area contributed by atoms with Crippen molar-refractivity contribution < 1.29 is 26.7 Å². The zero-order chi connectivity index (χ0) is 34.1. The molecule has 0 aliphatic carbocycles. The van der Waals surface area contributed by atoms with Crippen molar-refractivity contribution in [3.8, 4) is 0 Å². The van der Waals surface area contributed by atoms with Crippen molar-refractivity contribution in [1.29, 1.82) is 0 Å². The van der Waals surface area contributed by atoms with Crippen LogP contribution >= 0.6 is 0 Å². The molecule has 7 nitrogen and oxygen atoms in total. The quantitative estimate of drug-likeness (QED) is 0.423. The smallest absolute Gasteiger partial charge is 0.399 e. The zero-order valence-corrected chi connectivity index (χ0v) is 24.1. The fourth-order valence-corrected chi connectivity index (χ4v) is 5.69. The second-order valence-electron chi connectivity index (χ2n) is 11.8. The summed E-state index contributed by atoms with van der Waals surface area (Å²) < 4.78 is 75.5. The molecule has 2 aliphatic heterocycles. The van der Waals surface area contributed by atoms with Crippen LogP contribution in [0, 0.1) is 12.7 Å². The van der Waals surface area contributed by atoms with Crippen LogP contribution in [0.2, 0.25) is 0 Å². The molecule has 40 heavy (non-hydrogen) atoms. The Morgan fingerprint density at radius 2 is 1.90 bits per heavy atom. The highest BCUT2D eigenvalue weighted by Crippen LogP contribution is 2.38. The number of aryl methyl sites for hydroxylation is 2. The number of hydrogen-bond donors (Lipinski definition) is 0. The SMILES string of the molecule is [2H]C([2H])([2H])N(C(=O)c1cc(C)c(C2=CCN([C@@H](C)c3cc4c(B5OC(C)(C)C(C)(C)O5)ccnc4n3C)CC2)c(F)c1)C([2H])([2H])[2H]. The van der Waals surface area contributed by atoms with Gasteiger partial charge in [-0.1, -0.05) is 6.08 Å². The predicted octanol–water partition coefficient (Wildman–Crippen LogP) is 4.87. The van der Waals surface area contributed by atoms with E-state index in [4.69, 9.17) is 17.5 Å². The van der Waals surface area contributed by atoms with Gasteiger partial charge >= 0.3 is 7.12 Å². The highest BCUT2D eigenvalue weighted by atomic mass is 19.1. The topological polar surface area (TPSA) is 59.8 Å². The van der Waals surface area contributed by atoms with Gasteiger partial charge in [0.15, 0.2) is 0 Å². The Morgan fingerprint density at radius 1 is 1.20 bits per heavy atom. The van der Waals surface area contributed by atoms with Gasteiger partial charge in [0, 0.05) is 76.8 Å². The molecule has 1 fully saturated rings. The van der Waals surface area contributed by atoms with Gasteiger partial charge in [0.05, 0.1) is 11.2 Å². The number of aromatic nitrogens is 2. The van der Waals surface area contributed by atoms with Crippen LogP contribution < -0.4 is 5.46 Å². The summed E-state index contributed by atoms with van der Waals surface area (Å²) in [5.41, 5.74) is 3.05. The van der Waals surface area contributed by atoms with E-state index in [2.05, 4.69) is 27.4 Å². The van der Waals surface area contributed by atoms with E-state index in [1.807, 2.05) is 46.9 Å². The van der Waals surface area contributed by atoms with Crippen molar-refractivity contribution in [2.24, 2.45) is 7.05 Å². The van der Waals surface area contributed by atoms with Gasteiger partial charge < -0.3 is 18.8 Å². The van der Waals surface area contributed by atoms with Gasteiger partial charge in [0.25, 0.3) is 5.91 Å². The highest BCUT2D eigenvalue weighted by molar-refractivity contribution is 6.65. The molecule has 0 bridgehead atoms. The van der Waals surface area contributed by atoms with Gasteiger partial charge in [-0.15, -0.1) is 0 Å². The van der Waals surface area contributed by atoms with Gasteiger partial charge in [-0.2, -0.15) is 0 Å². The molecule has 1 saturated heterocycles. The van der Waals surface area contributed by atoms with E-state index in [0.717, 1.165) is 33.8 Å². The van der Waals surface area contributed by atoms with Crippen molar-refractivity contribution in [3.05, 3.63) is 64.7 Å². The number of fused-ring (bicyclic) bond motifs is 1. The average molecular weight is 553 g/mol. The van der Waals surface area contributed by atoms with E-state index in [9.17, 15) is 4.79 Å². The van der Waals surface area contributed by atoms with E-state index >= 15 is 4.39 Å². The molecule has 0 unspecified atom stereocenters. The molecule has 2 aliphatic rings. The first-order valence-corrected chi connectivity index (χ1v) is 13.5. The first-order valence-electron chi connectivity index (χ1n) is 16.5. The fraction of sp³-hybridized carbons (Fsp3) is 0.484. The van der Waals surface area contributed by atoms with E-state index in [-0.39, 0.29) is 16.5 Å². The Hall–Kier alpha value is -3.01. The van der Waals surface area contributed by atoms with Crippen LogP contribution in [0.3, 0.4) is 0 Å². The number of carbonyl (C=O) groups excluding carboxylic acids is 1. The van der Waals surface area contributed by atoms with E-state index in [1.54, 1.807) is 13.1 Å². The number of carbonyl (C=O) groups is 1. The molecule has 2 aromatic heterocycles. The molecule has 4 heterocycles. The van der Waals surface area contributed by atoms with E-state index in [1.165, 1.54) is 6.07 Å². The largest absolute Gasteiger partial charge is 0.495 e. The molecule has 9 heteroatoms. The van der Waals surface area contributed by atoms with Gasteiger partial charge in [-0.25, -0.2) is 9.37 Å². The Labute approximate surface area is 245 Å². The number of rotatable bonds is 5. The second kappa shape index (κ2) is 10.1. The molecular formula is C31H40BFN4O3. The Balaban J connectivity index is 1.38. The highest BCUT2D eigenvalue weighted by Gasteiger charge is 2.52. The summed E-state index contributed by atoms with van der Waals surface area (Å²) in [7, 11) is 1.47. The van der Waals surface area contributed by atoms with Gasteiger partial charge in [0.1, 0.15) is 11.5 Å².